The number of hydrogen-bond acceptors (Lipinski definition) is 7. The molecule has 7 heteroatoms. The summed E-state index contributed by atoms with van der Waals surface area (Å²) < 4.78 is 10.2. The molecule has 0 atom stereocenters. The van der Waals surface area contributed by atoms with E-state index in [-0.39, 0.29) is 17.4 Å². The fraction of sp³-hybridized carbons (Fsp3) is 0.769. The average Bonchev–Trinajstić information content (AvgIpc) is 2.46. The van der Waals surface area contributed by atoms with E-state index in [1.165, 1.54) is 14.2 Å². The molecule has 0 bridgehead atoms. The maximum Gasteiger partial charge on any atom is 0.324 e. The van der Waals surface area contributed by atoms with Crippen LogP contribution in [-0.2, 0) is 0 Å². The van der Waals surface area contributed by atoms with Crippen molar-refractivity contribution >= 4 is 5.95 Å². The van der Waals surface area contributed by atoms with Crippen molar-refractivity contribution in [3.8, 4) is 12.0 Å². The third-order valence-corrected chi connectivity index (χ3v) is 2.90. The zero-order valence-corrected chi connectivity index (χ0v) is 13.0. The van der Waals surface area contributed by atoms with Crippen LogP contribution in [-0.4, -0.2) is 48.8 Å². The molecule has 1 aromatic rings. The highest BCUT2D eigenvalue weighted by atomic mass is 16.5. The molecule has 1 aromatic heterocycles. The van der Waals surface area contributed by atoms with Crippen LogP contribution in [0.2, 0.25) is 0 Å². The first kappa shape index (κ1) is 16.4. The Bertz CT molecular complexity index is 403. The summed E-state index contributed by atoms with van der Waals surface area (Å²) in [5, 5.41) is 0. The van der Waals surface area contributed by atoms with Crippen molar-refractivity contribution in [1.82, 2.24) is 15.0 Å². The fourth-order valence-electron chi connectivity index (χ4n) is 1.75. The van der Waals surface area contributed by atoms with Gasteiger partial charge in [-0.05, 0) is 18.4 Å². The van der Waals surface area contributed by atoms with Crippen LogP contribution in [0.15, 0.2) is 0 Å². The number of nitrogens with zero attached hydrogens (tertiary/aromatic N) is 4. The summed E-state index contributed by atoms with van der Waals surface area (Å²) in [5.41, 5.74) is 5.79. The van der Waals surface area contributed by atoms with Crippen LogP contribution >= 0.6 is 0 Å². The normalized spacial score (nSPS) is 11.3. The first-order valence-electron chi connectivity index (χ1n) is 6.74. The lowest BCUT2D eigenvalue weighted by Gasteiger charge is -2.31. The highest BCUT2D eigenvalue weighted by Gasteiger charge is 2.23. The molecule has 0 aliphatic rings. The predicted octanol–water partition coefficient (Wildman–Crippen LogP) is 1.09. The summed E-state index contributed by atoms with van der Waals surface area (Å²) >= 11 is 0. The number of nitrogens with two attached hydrogens (primary N) is 1. The Kier molecular flexibility index (Phi) is 5.94. The van der Waals surface area contributed by atoms with Crippen LogP contribution in [0.25, 0.3) is 0 Å². The summed E-state index contributed by atoms with van der Waals surface area (Å²) in [4.78, 5) is 14.7. The van der Waals surface area contributed by atoms with Crippen LogP contribution in [0.4, 0.5) is 5.95 Å². The summed E-state index contributed by atoms with van der Waals surface area (Å²) in [6.07, 6.45) is 0.983. The van der Waals surface area contributed by atoms with E-state index in [0.29, 0.717) is 12.5 Å². The molecule has 7 nitrogen and oxygen atoms in total. The van der Waals surface area contributed by atoms with Crippen LogP contribution in [0.1, 0.15) is 27.2 Å². The topological polar surface area (TPSA) is 86.4 Å². The van der Waals surface area contributed by atoms with Crippen LogP contribution in [0.5, 0.6) is 12.0 Å². The van der Waals surface area contributed by atoms with Gasteiger partial charge in [0.1, 0.15) is 0 Å². The van der Waals surface area contributed by atoms with Gasteiger partial charge in [0.25, 0.3) is 0 Å². The Labute approximate surface area is 120 Å². The second-order valence-corrected chi connectivity index (χ2v) is 5.40. The molecule has 2 N–H and O–H groups in total. The lowest BCUT2D eigenvalue weighted by atomic mass is 9.93. The molecular weight excluding hydrogens is 258 g/mol. The molecule has 1 heterocycles. The average molecular weight is 283 g/mol. The molecule has 0 spiro atoms. The Morgan fingerprint density at radius 2 is 1.65 bits per heavy atom. The van der Waals surface area contributed by atoms with Gasteiger partial charge in [0, 0.05) is 13.1 Å². The monoisotopic (exact) mass is 283 g/mol. The van der Waals surface area contributed by atoms with Gasteiger partial charge in [-0.3, -0.25) is 0 Å². The Morgan fingerprint density at radius 3 is 2.05 bits per heavy atom. The largest absolute Gasteiger partial charge is 0.467 e. The van der Waals surface area contributed by atoms with E-state index in [9.17, 15) is 0 Å². The molecule has 114 valence electrons. The van der Waals surface area contributed by atoms with E-state index in [2.05, 4.69) is 40.6 Å². The lowest BCUT2D eigenvalue weighted by Crippen LogP contribution is -2.40. The van der Waals surface area contributed by atoms with E-state index in [1.807, 2.05) is 0 Å². The molecule has 1 rings (SSSR count). The van der Waals surface area contributed by atoms with E-state index >= 15 is 0 Å². The van der Waals surface area contributed by atoms with Gasteiger partial charge in [0.05, 0.1) is 14.2 Å². The lowest BCUT2D eigenvalue weighted by molar-refractivity contribution is 0.335. The molecule has 0 aliphatic carbocycles. The Morgan fingerprint density at radius 1 is 1.10 bits per heavy atom. The summed E-state index contributed by atoms with van der Waals surface area (Å²) in [6, 6.07) is 0.497. The van der Waals surface area contributed by atoms with Crippen LogP contribution in [0.3, 0.4) is 0 Å². The predicted molar refractivity (Wildman–Crippen MR) is 78.3 cm³/mol. The molecule has 0 aliphatic heterocycles. The number of rotatable bonds is 8. The van der Waals surface area contributed by atoms with Crippen LogP contribution < -0.4 is 20.1 Å². The summed E-state index contributed by atoms with van der Waals surface area (Å²) in [5.74, 6) is 0.553. The van der Waals surface area contributed by atoms with Crippen molar-refractivity contribution in [3.63, 3.8) is 0 Å². The van der Waals surface area contributed by atoms with E-state index < -0.39 is 0 Å². The summed E-state index contributed by atoms with van der Waals surface area (Å²) in [7, 11) is 3.04. The van der Waals surface area contributed by atoms with Crippen molar-refractivity contribution < 1.29 is 9.47 Å². The molecule has 20 heavy (non-hydrogen) atoms. The molecule has 0 fully saturated rings. The van der Waals surface area contributed by atoms with Gasteiger partial charge in [-0.1, -0.05) is 20.8 Å². The highest BCUT2D eigenvalue weighted by Crippen LogP contribution is 2.21. The van der Waals surface area contributed by atoms with Gasteiger partial charge in [0.15, 0.2) is 0 Å². The van der Waals surface area contributed by atoms with Gasteiger partial charge in [-0.15, -0.1) is 4.98 Å². The minimum Gasteiger partial charge on any atom is -0.467 e. The van der Waals surface area contributed by atoms with Gasteiger partial charge in [-0.2, -0.15) is 9.97 Å². The van der Waals surface area contributed by atoms with E-state index in [0.717, 1.165) is 19.5 Å². The number of anilines is 1. The second-order valence-electron chi connectivity index (χ2n) is 5.40. The number of ether oxygens (including phenoxy) is 2. The number of hydrogen-bond donors (Lipinski definition) is 1. The van der Waals surface area contributed by atoms with Gasteiger partial charge < -0.3 is 20.1 Å². The quantitative estimate of drug-likeness (QED) is 0.764. The first-order chi connectivity index (χ1) is 9.45. The minimum atomic E-state index is -0.0255. The van der Waals surface area contributed by atoms with E-state index in [1.54, 1.807) is 0 Å². The zero-order chi connectivity index (χ0) is 15.2. The smallest absolute Gasteiger partial charge is 0.324 e. The standard InChI is InChI=1S/C13H25N5O2/c1-6-7-18(9-13(2,3)8-14)10-15-11(19-4)17-12(16-10)20-5/h6-9,14H2,1-5H3. The van der Waals surface area contributed by atoms with Crippen molar-refractivity contribution in [2.24, 2.45) is 11.1 Å². The third-order valence-electron chi connectivity index (χ3n) is 2.90. The third kappa shape index (κ3) is 4.48. The van der Waals surface area contributed by atoms with Gasteiger partial charge in [-0.25, -0.2) is 0 Å². The second kappa shape index (κ2) is 7.23. The molecule has 0 radical (unpaired) electrons. The SMILES string of the molecule is CCCN(CC(C)(C)CN)c1nc(OC)nc(OC)n1. The van der Waals surface area contributed by atoms with Crippen molar-refractivity contribution in [2.75, 3.05) is 38.8 Å². The fourth-order valence-corrected chi connectivity index (χ4v) is 1.75. The highest BCUT2D eigenvalue weighted by molar-refractivity contribution is 5.32. The number of aromatic nitrogens is 3. The van der Waals surface area contributed by atoms with Crippen LogP contribution in [0, 0.1) is 5.41 Å². The zero-order valence-electron chi connectivity index (χ0n) is 13.0. The minimum absolute atomic E-state index is 0.0255. The van der Waals surface area contributed by atoms with Gasteiger partial charge in [0.2, 0.25) is 5.95 Å². The Hall–Kier alpha value is -1.63. The summed E-state index contributed by atoms with van der Waals surface area (Å²) in [6.45, 7) is 8.52. The van der Waals surface area contributed by atoms with E-state index in [4.69, 9.17) is 15.2 Å². The maximum atomic E-state index is 5.81. The number of methoxy groups -OCH3 is 2. The molecule has 0 unspecified atom stereocenters. The molecule has 0 amide bonds. The van der Waals surface area contributed by atoms with Crippen molar-refractivity contribution in [1.29, 1.82) is 0 Å². The molecule has 0 aromatic carbocycles. The molecule has 0 saturated carbocycles. The Balaban J connectivity index is 3.07. The van der Waals surface area contributed by atoms with Crippen molar-refractivity contribution in [3.05, 3.63) is 0 Å². The van der Waals surface area contributed by atoms with Crippen molar-refractivity contribution in [2.45, 2.75) is 27.2 Å². The maximum absolute atomic E-state index is 5.81. The molecular formula is C13H25N5O2. The van der Waals surface area contributed by atoms with Gasteiger partial charge >= 0.3 is 12.0 Å². The molecule has 0 saturated heterocycles. The first-order valence-corrected chi connectivity index (χ1v) is 6.74.